The van der Waals surface area contributed by atoms with Crippen molar-refractivity contribution in [2.75, 3.05) is 6.54 Å². The molecule has 0 aliphatic carbocycles. The summed E-state index contributed by atoms with van der Waals surface area (Å²) in [5, 5.41) is 0. The number of nitrogens with zero attached hydrogens (tertiary/aromatic N) is 1. The number of allylic oxidation sites excluding steroid dienone is 2. The lowest BCUT2D eigenvalue weighted by Crippen LogP contribution is -2.29. The minimum absolute atomic E-state index is 0.124. The second kappa shape index (κ2) is 2.82. The molecule has 0 amide bonds. The molecule has 0 spiro atoms. The zero-order valence-corrected chi connectivity index (χ0v) is 6.31. The lowest BCUT2D eigenvalue weighted by Gasteiger charge is -2.25. The molecule has 2 aliphatic heterocycles. The molecule has 0 saturated carbocycles. The van der Waals surface area contributed by atoms with E-state index in [1.54, 1.807) is 6.26 Å². The standard InChI is InChI=1S/C9H11NO/c1-4-8-11-9(5-1)10-6-2-3-7-10/h1-2,4-6,8-9H,3,7H2. The Bertz CT molecular complexity index is 218. The third kappa shape index (κ3) is 1.29. The maximum absolute atomic E-state index is 5.37. The van der Waals surface area contributed by atoms with Gasteiger partial charge in [0.15, 0.2) is 6.23 Å². The quantitative estimate of drug-likeness (QED) is 0.562. The predicted octanol–water partition coefficient (Wildman–Crippen LogP) is 1.63. The molecule has 0 radical (unpaired) electrons. The van der Waals surface area contributed by atoms with Crippen LogP contribution in [-0.4, -0.2) is 17.7 Å². The predicted molar refractivity (Wildman–Crippen MR) is 43.6 cm³/mol. The molecule has 0 saturated heterocycles. The Labute approximate surface area is 66.5 Å². The van der Waals surface area contributed by atoms with Gasteiger partial charge in [-0.15, -0.1) is 0 Å². The average molecular weight is 149 g/mol. The molecule has 2 heteroatoms. The van der Waals surface area contributed by atoms with Crippen LogP contribution in [0.2, 0.25) is 0 Å². The highest BCUT2D eigenvalue weighted by Gasteiger charge is 2.15. The fraction of sp³-hybridized carbons (Fsp3) is 0.333. The molecule has 1 atom stereocenters. The Hall–Kier alpha value is -1.18. The number of ether oxygens (including phenoxy) is 1. The maximum atomic E-state index is 5.37. The molecule has 2 heterocycles. The van der Waals surface area contributed by atoms with E-state index in [9.17, 15) is 0 Å². The van der Waals surface area contributed by atoms with Gasteiger partial charge in [0, 0.05) is 6.54 Å². The first-order valence-electron chi connectivity index (χ1n) is 3.88. The zero-order chi connectivity index (χ0) is 7.52. The van der Waals surface area contributed by atoms with E-state index in [0.29, 0.717) is 0 Å². The third-order valence-corrected chi connectivity index (χ3v) is 1.86. The monoisotopic (exact) mass is 149 g/mol. The van der Waals surface area contributed by atoms with Crippen molar-refractivity contribution in [2.45, 2.75) is 12.6 Å². The van der Waals surface area contributed by atoms with Gasteiger partial charge in [0.2, 0.25) is 0 Å². The molecule has 0 N–H and O–H groups in total. The van der Waals surface area contributed by atoms with Gasteiger partial charge in [0.05, 0.1) is 6.26 Å². The van der Waals surface area contributed by atoms with E-state index in [0.717, 1.165) is 13.0 Å². The average Bonchev–Trinajstić information content (AvgIpc) is 2.58. The Morgan fingerprint density at radius 1 is 1.36 bits per heavy atom. The van der Waals surface area contributed by atoms with Gasteiger partial charge < -0.3 is 9.64 Å². The van der Waals surface area contributed by atoms with Gasteiger partial charge in [-0.1, -0.05) is 12.2 Å². The molecule has 0 aromatic rings. The van der Waals surface area contributed by atoms with Gasteiger partial charge >= 0.3 is 0 Å². The molecule has 2 aliphatic rings. The fourth-order valence-electron chi connectivity index (χ4n) is 1.28. The molecule has 2 rings (SSSR count). The van der Waals surface area contributed by atoms with Crippen LogP contribution < -0.4 is 0 Å². The first-order chi connectivity index (χ1) is 5.47. The van der Waals surface area contributed by atoms with Gasteiger partial charge in [0.25, 0.3) is 0 Å². The fourth-order valence-corrected chi connectivity index (χ4v) is 1.28. The van der Waals surface area contributed by atoms with Crippen molar-refractivity contribution in [3.05, 3.63) is 36.8 Å². The maximum Gasteiger partial charge on any atom is 0.190 e. The summed E-state index contributed by atoms with van der Waals surface area (Å²) in [7, 11) is 0. The molecule has 0 aromatic heterocycles. The molecular formula is C9H11NO. The Morgan fingerprint density at radius 2 is 2.36 bits per heavy atom. The first kappa shape index (κ1) is 6.53. The summed E-state index contributed by atoms with van der Waals surface area (Å²) in [4.78, 5) is 2.18. The Morgan fingerprint density at radius 3 is 3.00 bits per heavy atom. The van der Waals surface area contributed by atoms with Crippen LogP contribution in [0.5, 0.6) is 0 Å². The number of hydrogen-bond acceptors (Lipinski definition) is 2. The minimum atomic E-state index is 0.124. The summed E-state index contributed by atoms with van der Waals surface area (Å²) in [5.41, 5.74) is 0. The highest BCUT2D eigenvalue weighted by molar-refractivity contribution is 5.09. The van der Waals surface area contributed by atoms with Crippen LogP contribution in [0, 0.1) is 0 Å². The van der Waals surface area contributed by atoms with Crippen molar-refractivity contribution < 1.29 is 4.74 Å². The molecule has 1 unspecified atom stereocenters. The Balaban J connectivity index is 1.99. The van der Waals surface area contributed by atoms with Crippen molar-refractivity contribution in [2.24, 2.45) is 0 Å². The summed E-state index contributed by atoms with van der Waals surface area (Å²) in [6.07, 6.45) is 13.2. The second-order valence-corrected chi connectivity index (χ2v) is 2.65. The Kier molecular flexibility index (Phi) is 1.68. The van der Waals surface area contributed by atoms with Gasteiger partial charge in [-0.2, -0.15) is 0 Å². The van der Waals surface area contributed by atoms with Crippen molar-refractivity contribution >= 4 is 0 Å². The second-order valence-electron chi connectivity index (χ2n) is 2.65. The molecule has 2 nitrogen and oxygen atoms in total. The van der Waals surface area contributed by atoms with E-state index in [1.165, 1.54) is 0 Å². The summed E-state index contributed by atoms with van der Waals surface area (Å²) >= 11 is 0. The smallest absolute Gasteiger partial charge is 0.190 e. The molecule has 0 aromatic carbocycles. The number of rotatable bonds is 1. The SMILES string of the molecule is C1=COC(N2C=CCC2)C=C1. The van der Waals surface area contributed by atoms with Crippen molar-refractivity contribution in [1.29, 1.82) is 0 Å². The molecule has 0 fully saturated rings. The van der Waals surface area contributed by atoms with E-state index in [1.807, 2.05) is 12.2 Å². The van der Waals surface area contributed by atoms with Crippen LogP contribution >= 0.6 is 0 Å². The van der Waals surface area contributed by atoms with E-state index in [4.69, 9.17) is 4.74 Å². The van der Waals surface area contributed by atoms with Crippen LogP contribution in [0.1, 0.15) is 6.42 Å². The van der Waals surface area contributed by atoms with E-state index >= 15 is 0 Å². The molecule has 0 bridgehead atoms. The van der Waals surface area contributed by atoms with Gasteiger partial charge in [-0.3, -0.25) is 0 Å². The summed E-state index contributed by atoms with van der Waals surface area (Å²) in [6, 6.07) is 0. The molecule has 58 valence electrons. The van der Waals surface area contributed by atoms with Crippen LogP contribution in [-0.2, 0) is 4.74 Å². The first-order valence-corrected chi connectivity index (χ1v) is 3.88. The third-order valence-electron chi connectivity index (χ3n) is 1.86. The van der Waals surface area contributed by atoms with Crippen molar-refractivity contribution in [3.63, 3.8) is 0 Å². The van der Waals surface area contributed by atoms with Crippen LogP contribution in [0.15, 0.2) is 36.8 Å². The summed E-state index contributed by atoms with van der Waals surface area (Å²) in [5.74, 6) is 0. The highest BCUT2D eigenvalue weighted by atomic mass is 16.5. The molecular weight excluding hydrogens is 138 g/mol. The van der Waals surface area contributed by atoms with Crippen molar-refractivity contribution in [3.8, 4) is 0 Å². The van der Waals surface area contributed by atoms with E-state index < -0.39 is 0 Å². The minimum Gasteiger partial charge on any atom is -0.475 e. The highest BCUT2D eigenvalue weighted by Crippen LogP contribution is 2.13. The van der Waals surface area contributed by atoms with Gasteiger partial charge in [-0.05, 0) is 24.8 Å². The lowest BCUT2D eigenvalue weighted by atomic mass is 10.3. The largest absolute Gasteiger partial charge is 0.475 e. The summed E-state index contributed by atoms with van der Waals surface area (Å²) in [6.45, 7) is 1.07. The van der Waals surface area contributed by atoms with Crippen molar-refractivity contribution in [1.82, 2.24) is 4.90 Å². The normalized spacial score (nSPS) is 27.6. The zero-order valence-electron chi connectivity index (χ0n) is 6.31. The topological polar surface area (TPSA) is 12.5 Å². The molecule has 11 heavy (non-hydrogen) atoms. The number of hydrogen-bond donors (Lipinski definition) is 0. The van der Waals surface area contributed by atoms with Gasteiger partial charge in [0.1, 0.15) is 0 Å². The van der Waals surface area contributed by atoms with Crippen LogP contribution in [0.3, 0.4) is 0 Å². The van der Waals surface area contributed by atoms with E-state index in [-0.39, 0.29) is 6.23 Å². The lowest BCUT2D eigenvalue weighted by molar-refractivity contribution is 0.0651. The van der Waals surface area contributed by atoms with Gasteiger partial charge in [-0.25, -0.2) is 0 Å². The van der Waals surface area contributed by atoms with Crippen LogP contribution in [0.25, 0.3) is 0 Å². The summed E-state index contributed by atoms with van der Waals surface area (Å²) < 4.78 is 5.37. The van der Waals surface area contributed by atoms with E-state index in [2.05, 4.69) is 23.3 Å². The van der Waals surface area contributed by atoms with Crippen LogP contribution in [0.4, 0.5) is 0 Å².